The lowest BCUT2D eigenvalue weighted by Crippen LogP contribution is -2.15. The van der Waals surface area contributed by atoms with Gasteiger partial charge in [0.05, 0.1) is 12.1 Å². The zero-order chi connectivity index (χ0) is 11.6. The van der Waals surface area contributed by atoms with Crippen molar-refractivity contribution in [2.45, 2.75) is 6.61 Å². The van der Waals surface area contributed by atoms with E-state index >= 15 is 0 Å². The zero-order valence-corrected chi connectivity index (χ0v) is 9.15. The largest absolute Gasteiger partial charge is 0.333 e. The summed E-state index contributed by atoms with van der Waals surface area (Å²) >= 11 is 0. The highest BCUT2D eigenvalue weighted by Gasteiger charge is 2.04. The lowest BCUT2D eigenvalue weighted by molar-refractivity contribution is 0.308. The molecule has 0 amide bonds. The standard InChI is InChI=1S/C10H10N2O3S/c11-16(13,14)15-7-8-5-9-3-1-2-4-10(9)12-6-8/h1-6H,7H2,(H2,11,13,14). The van der Waals surface area contributed by atoms with Crippen molar-refractivity contribution in [1.82, 2.24) is 4.98 Å². The normalized spacial score (nSPS) is 11.8. The molecule has 0 unspecified atom stereocenters. The maximum Gasteiger partial charge on any atom is 0.333 e. The third-order valence-electron chi connectivity index (χ3n) is 2.04. The first-order chi connectivity index (χ1) is 7.54. The van der Waals surface area contributed by atoms with E-state index in [4.69, 9.17) is 5.14 Å². The van der Waals surface area contributed by atoms with Crippen molar-refractivity contribution in [3.63, 3.8) is 0 Å². The fourth-order valence-corrected chi connectivity index (χ4v) is 1.65. The summed E-state index contributed by atoms with van der Waals surface area (Å²) in [5, 5.41) is 5.65. The van der Waals surface area contributed by atoms with Gasteiger partial charge in [0.15, 0.2) is 0 Å². The van der Waals surface area contributed by atoms with Gasteiger partial charge in [-0.3, -0.25) is 9.17 Å². The van der Waals surface area contributed by atoms with Gasteiger partial charge in [0, 0.05) is 11.6 Å². The first kappa shape index (κ1) is 11.0. The van der Waals surface area contributed by atoms with Gasteiger partial charge in [-0.05, 0) is 17.7 Å². The molecule has 0 bridgehead atoms. The lowest BCUT2D eigenvalue weighted by Gasteiger charge is -2.02. The van der Waals surface area contributed by atoms with Crippen molar-refractivity contribution in [1.29, 1.82) is 0 Å². The Bertz CT molecular complexity index is 610. The predicted octanol–water partition coefficient (Wildman–Crippen LogP) is 0.955. The van der Waals surface area contributed by atoms with Gasteiger partial charge < -0.3 is 0 Å². The van der Waals surface area contributed by atoms with Crippen molar-refractivity contribution in [3.8, 4) is 0 Å². The Labute approximate surface area is 93.1 Å². The van der Waals surface area contributed by atoms with E-state index in [2.05, 4.69) is 9.17 Å². The average molecular weight is 238 g/mol. The number of para-hydroxylation sites is 1. The Balaban J connectivity index is 2.26. The van der Waals surface area contributed by atoms with Gasteiger partial charge in [0.1, 0.15) is 0 Å². The molecule has 2 aromatic rings. The third kappa shape index (κ3) is 2.75. The number of aromatic nitrogens is 1. The minimum Gasteiger partial charge on any atom is -0.256 e. The van der Waals surface area contributed by atoms with E-state index in [0.29, 0.717) is 5.56 Å². The molecule has 16 heavy (non-hydrogen) atoms. The lowest BCUT2D eigenvalue weighted by atomic mass is 10.2. The smallest absolute Gasteiger partial charge is 0.256 e. The first-order valence-electron chi connectivity index (χ1n) is 4.55. The molecule has 0 radical (unpaired) electrons. The molecule has 0 aliphatic rings. The van der Waals surface area contributed by atoms with Gasteiger partial charge in [-0.1, -0.05) is 18.2 Å². The first-order valence-corrected chi connectivity index (χ1v) is 6.02. The van der Waals surface area contributed by atoms with Crippen LogP contribution in [0.25, 0.3) is 10.9 Å². The van der Waals surface area contributed by atoms with Crippen LogP contribution in [0.2, 0.25) is 0 Å². The summed E-state index contributed by atoms with van der Waals surface area (Å²) < 4.78 is 25.7. The van der Waals surface area contributed by atoms with Gasteiger partial charge in [0.25, 0.3) is 0 Å². The van der Waals surface area contributed by atoms with E-state index in [0.717, 1.165) is 10.9 Å². The molecule has 0 fully saturated rings. The molecule has 2 rings (SSSR count). The van der Waals surface area contributed by atoms with Crippen LogP contribution in [0.15, 0.2) is 36.5 Å². The fraction of sp³-hybridized carbons (Fsp3) is 0.100. The quantitative estimate of drug-likeness (QED) is 0.863. The molecular formula is C10H10N2O3S. The molecule has 84 valence electrons. The van der Waals surface area contributed by atoms with E-state index in [1.165, 1.54) is 0 Å². The summed E-state index contributed by atoms with van der Waals surface area (Å²) in [6.07, 6.45) is 1.56. The summed E-state index contributed by atoms with van der Waals surface area (Å²) in [5.74, 6) is 0. The van der Waals surface area contributed by atoms with E-state index in [1.54, 1.807) is 6.20 Å². The van der Waals surface area contributed by atoms with Crippen molar-refractivity contribution in [3.05, 3.63) is 42.1 Å². The van der Waals surface area contributed by atoms with Crippen LogP contribution in [0.1, 0.15) is 5.56 Å². The molecule has 1 aromatic carbocycles. The monoisotopic (exact) mass is 238 g/mol. The van der Waals surface area contributed by atoms with Gasteiger partial charge in [-0.15, -0.1) is 0 Å². The highest BCUT2D eigenvalue weighted by atomic mass is 32.2. The summed E-state index contributed by atoms with van der Waals surface area (Å²) in [4.78, 5) is 4.17. The number of pyridine rings is 1. The molecule has 0 atom stereocenters. The SMILES string of the molecule is NS(=O)(=O)OCc1cnc2ccccc2c1. The molecule has 0 aliphatic heterocycles. The van der Waals surface area contributed by atoms with E-state index in [-0.39, 0.29) is 6.61 Å². The van der Waals surface area contributed by atoms with Crippen LogP contribution in [0.4, 0.5) is 0 Å². The Kier molecular flexibility index (Phi) is 2.86. The van der Waals surface area contributed by atoms with Gasteiger partial charge in [-0.2, -0.15) is 8.42 Å². The zero-order valence-electron chi connectivity index (χ0n) is 8.33. The Morgan fingerprint density at radius 3 is 2.81 bits per heavy atom. The molecule has 0 spiro atoms. The highest BCUT2D eigenvalue weighted by molar-refractivity contribution is 7.84. The number of hydrogen-bond donors (Lipinski definition) is 1. The molecule has 6 heteroatoms. The van der Waals surface area contributed by atoms with E-state index in [9.17, 15) is 8.42 Å². The molecule has 0 saturated carbocycles. The summed E-state index contributed by atoms with van der Waals surface area (Å²) in [7, 11) is -3.90. The number of nitrogens with two attached hydrogens (primary N) is 1. The van der Waals surface area contributed by atoms with Crippen LogP contribution in [-0.2, 0) is 21.1 Å². The topological polar surface area (TPSA) is 82.3 Å². The Hall–Kier alpha value is -1.50. The van der Waals surface area contributed by atoms with Crippen LogP contribution in [0.3, 0.4) is 0 Å². The number of rotatable bonds is 3. The molecular weight excluding hydrogens is 228 g/mol. The van der Waals surface area contributed by atoms with Gasteiger partial charge in [-0.25, -0.2) is 5.14 Å². The molecule has 5 nitrogen and oxygen atoms in total. The molecule has 1 heterocycles. The Morgan fingerprint density at radius 2 is 2.06 bits per heavy atom. The van der Waals surface area contributed by atoms with E-state index in [1.807, 2.05) is 30.3 Å². The van der Waals surface area contributed by atoms with Crippen LogP contribution in [0, 0.1) is 0 Å². The van der Waals surface area contributed by atoms with Crippen molar-refractivity contribution in [2.24, 2.45) is 5.14 Å². The molecule has 0 saturated heterocycles. The second-order valence-electron chi connectivity index (χ2n) is 3.29. The van der Waals surface area contributed by atoms with Crippen LogP contribution < -0.4 is 5.14 Å². The fourth-order valence-electron chi connectivity index (χ4n) is 1.35. The van der Waals surface area contributed by atoms with Crippen molar-refractivity contribution >= 4 is 21.2 Å². The third-order valence-corrected chi connectivity index (χ3v) is 2.48. The predicted molar refractivity (Wildman–Crippen MR) is 59.6 cm³/mol. The summed E-state index contributed by atoms with van der Waals surface area (Å²) in [6, 6.07) is 9.35. The number of fused-ring (bicyclic) bond motifs is 1. The summed E-state index contributed by atoms with van der Waals surface area (Å²) in [6.45, 7) is -0.101. The van der Waals surface area contributed by atoms with Crippen molar-refractivity contribution < 1.29 is 12.6 Å². The van der Waals surface area contributed by atoms with Crippen LogP contribution in [-0.4, -0.2) is 13.4 Å². The molecule has 2 N–H and O–H groups in total. The van der Waals surface area contributed by atoms with Crippen LogP contribution in [0.5, 0.6) is 0 Å². The molecule has 0 aliphatic carbocycles. The number of benzene rings is 1. The average Bonchev–Trinajstić information content (AvgIpc) is 2.25. The van der Waals surface area contributed by atoms with Gasteiger partial charge in [0.2, 0.25) is 0 Å². The van der Waals surface area contributed by atoms with Crippen molar-refractivity contribution in [2.75, 3.05) is 0 Å². The molecule has 1 aromatic heterocycles. The van der Waals surface area contributed by atoms with Crippen LogP contribution >= 0.6 is 0 Å². The maximum absolute atomic E-state index is 10.6. The minimum absolute atomic E-state index is 0.101. The van der Waals surface area contributed by atoms with E-state index < -0.39 is 10.3 Å². The number of nitrogens with zero attached hydrogens (tertiary/aromatic N) is 1. The minimum atomic E-state index is -3.90. The Morgan fingerprint density at radius 1 is 1.31 bits per heavy atom. The summed E-state index contributed by atoms with van der Waals surface area (Å²) in [5.41, 5.74) is 1.51. The second-order valence-corrected chi connectivity index (χ2v) is 4.51. The second kappa shape index (κ2) is 4.17. The maximum atomic E-state index is 10.6. The highest BCUT2D eigenvalue weighted by Crippen LogP contribution is 2.13. The number of hydrogen-bond acceptors (Lipinski definition) is 4. The van der Waals surface area contributed by atoms with Gasteiger partial charge >= 0.3 is 10.3 Å².